The number of nitrogens with zero attached hydrogens (tertiary/aromatic N) is 3. The van der Waals surface area contributed by atoms with E-state index < -0.39 is 23.4 Å². The molecule has 42 heavy (non-hydrogen) atoms. The number of aliphatic hydroxyl groups is 1. The number of anilines is 1. The van der Waals surface area contributed by atoms with E-state index in [1.54, 1.807) is 68.0 Å². The van der Waals surface area contributed by atoms with E-state index in [4.69, 9.17) is 14.2 Å². The molecule has 11 heteroatoms. The maximum Gasteiger partial charge on any atom is 0.284 e. The Hall–Kier alpha value is -5.16. The monoisotopic (exact) mass is 572 g/mol. The summed E-state index contributed by atoms with van der Waals surface area (Å²) >= 11 is 0. The Bertz CT molecular complexity index is 1830. The number of hydrogen-bond donors (Lipinski definition) is 2. The number of benzene rings is 3. The van der Waals surface area contributed by atoms with Crippen molar-refractivity contribution in [3.8, 4) is 28.7 Å². The highest BCUT2D eigenvalue weighted by atomic mass is 19.1. The van der Waals surface area contributed by atoms with Crippen molar-refractivity contribution in [3.63, 3.8) is 0 Å². The molecule has 0 fully saturated rings. The average molecular weight is 573 g/mol. The second-order valence-corrected chi connectivity index (χ2v) is 9.63. The Balaban J connectivity index is 1.39. The first-order valence-electron chi connectivity index (χ1n) is 13.1. The van der Waals surface area contributed by atoms with Gasteiger partial charge in [0.15, 0.2) is 23.1 Å². The van der Waals surface area contributed by atoms with Gasteiger partial charge in [-0.3, -0.25) is 19.3 Å². The van der Waals surface area contributed by atoms with Gasteiger partial charge in [0.25, 0.3) is 11.5 Å². The normalized spacial score (nSPS) is 11.8. The zero-order valence-electron chi connectivity index (χ0n) is 23.4. The standard InChI is InChI=1S/C31H29FN4O6/c1-18(37)17-41-28-16-24-22(15-27(28)40-4)25(12-13-33-24)42-26-11-10-20(14-23(26)32)34-30(38)29-19(2)35(3)36(31(29)39)21-8-6-5-7-9-21/h5-16,18,37H,17H2,1-4H3,(H,34,38)/t18-/m1/s1. The number of para-hydroxylation sites is 1. The number of carbonyl (C=O) groups excluding carboxylic acids is 1. The topological polar surface area (TPSA) is 117 Å². The van der Waals surface area contributed by atoms with Crippen LogP contribution in [0.5, 0.6) is 23.0 Å². The molecule has 0 spiro atoms. The molecule has 0 aliphatic carbocycles. The van der Waals surface area contributed by atoms with Crippen LogP contribution in [0, 0.1) is 12.7 Å². The zero-order chi connectivity index (χ0) is 30.0. The Morgan fingerprint density at radius 2 is 1.81 bits per heavy atom. The Labute approximate surface area is 240 Å². The van der Waals surface area contributed by atoms with Gasteiger partial charge >= 0.3 is 0 Å². The summed E-state index contributed by atoms with van der Waals surface area (Å²) in [5.74, 6) is -0.369. The average Bonchev–Trinajstić information content (AvgIpc) is 3.20. The maximum atomic E-state index is 15.2. The molecule has 216 valence electrons. The van der Waals surface area contributed by atoms with Crippen molar-refractivity contribution in [2.24, 2.45) is 7.05 Å². The second-order valence-electron chi connectivity index (χ2n) is 9.63. The number of methoxy groups -OCH3 is 1. The molecule has 1 atom stereocenters. The van der Waals surface area contributed by atoms with Crippen LogP contribution in [0.15, 0.2) is 77.7 Å². The summed E-state index contributed by atoms with van der Waals surface area (Å²) in [5.41, 5.74) is 1.21. The van der Waals surface area contributed by atoms with Crippen molar-refractivity contribution >= 4 is 22.5 Å². The van der Waals surface area contributed by atoms with Crippen molar-refractivity contribution in [3.05, 3.63) is 100 Å². The molecular weight excluding hydrogens is 543 g/mol. The van der Waals surface area contributed by atoms with Gasteiger partial charge in [0.05, 0.1) is 30.1 Å². The highest BCUT2D eigenvalue weighted by Crippen LogP contribution is 2.38. The van der Waals surface area contributed by atoms with Gasteiger partial charge in [-0.15, -0.1) is 0 Å². The molecule has 1 amide bonds. The van der Waals surface area contributed by atoms with E-state index in [1.165, 1.54) is 30.1 Å². The van der Waals surface area contributed by atoms with Crippen LogP contribution in [0.3, 0.4) is 0 Å². The molecule has 0 aliphatic rings. The molecule has 3 aromatic carbocycles. The third-order valence-corrected chi connectivity index (χ3v) is 6.66. The molecule has 2 N–H and O–H groups in total. The van der Waals surface area contributed by atoms with E-state index >= 15 is 4.39 Å². The van der Waals surface area contributed by atoms with Gasteiger partial charge in [0, 0.05) is 36.5 Å². The molecule has 10 nitrogen and oxygen atoms in total. The first-order valence-corrected chi connectivity index (χ1v) is 13.1. The van der Waals surface area contributed by atoms with Crippen LogP contribution >= 0.6 is 0 Å². The molecule has 5 aromatic rings. The summed E-state index contributed by atoms with van der Waals surface area (Å²) in [6.07, 6.45) is 0.841. The SMILES string of the molecule is COc1cc2c(Oc3ccc(NC(=O)c4c(C)n(C)n(-c5ccccc5)c4=O)cc3F)ccnc2cc1OC[C@@H](C)O. The van der Waals surface area contributed by atoms with Crippen molar-refractivity contribution in [1.82, 2.24) is 14.3 Å². The van der Waals surface area contributed by atoms with Crippen molar-refractivity contribution in [2.45, 2.75) is 20.0 Å². The predicted octanol–water partition coefficient (Wildman–Crippen LogP) is 4.98. The second kappa shape index (κ2) is 11.8. The summed E-state index contributed by atoms with van der Waals surface area (Å²) in [6.45, 7) is 3.34. The molecule has 0 saturated carbocycles. The number of ether oxygens (including phenoxy) is 3. The fourth-order valence-corrected chi connectivity index (χ4v) is 4.50. The van der Waals surface area contributed by atoms with Crippen LogP contribution in [-0.2, 0) is 7.05 Å². The third-order valence-electron chi connectivity index (χ3n) is 6.66. The lowest BCUT2D eigenvalue weighted by atomic mass is 10.1. The Kier molecular flexibility index (Phi) is 7.94. The van der Waals surface area contributed by atoms with Gasteiger partial charge in [0.2, 0.25) is 0 Å². The molecule has 0 aliphatic heterocycles. The Morgan fingerprint density at radius 1 is 1.05 bits per heavy atom. The summed E-state index contributed by atoms with van der Waals surface area (Å²) in [7, 11) is 3.17. The zero-order valence-corrected chi connectivity index (χ0v) is 23.4. The molecule has 2 aromatic heterocycles. The summed E-state index contributed by atoms with van der Waals surface area (Å²) in [5, 5.41) is 12.7. The van der Waals surface area contributed by atoms with E-state index in [9.17, 15) is 14.7 Å². The third kappa shape index (κ3) is 5.54. The molecule has 0 bridgehead atoms. The number of aliphatic hydroxyl groups excluding tert-OH is 1. The number of nitrogens with one attached hydrogen (secondary N) is 1. The van der Waals surface area contributed by atoms with E-state index in [-0.39, 0.29) is 23.6 Å². The van der Waals surface area contributed by atoms with Crippen molar-refractivity contribution < 1.29 is 28.5 Å². The number of amides is 1. The number of hydrogen-bond acceptors (Lipinski definition) is 7. The van der Waals surface area contributed by atoms with Crippen LogP contribution in [-0.4, -0.2) is 45.2 Å². The van der Waals surface area contributed by atoms with Crippen molar-refractivity contribution in [2.75, 3.05) is 19.0 Å². The molecule has 0 radical (unpaired) electrons. The van der Waals surface area contributed by atoms with E-state index in [2.05, 4.69) is 10.3 Å². The minimum absolute atomic E-state index is 0.0453. The number of pyridine rings is 1. The molecular formula is C31H29FN4O6. The molecule has 5 rings (SSSR count). The smallest absolute Gasteiger partial charge is 0.284 e. The van der Waals surface area contributed by atoms with Crippen LogP contribution in [0.1, 0.15) is 23.0 Å². The fraction of sp³-hybridized carbons (Fsp3) is 0.194. The van der Waals surface area contributed by atoms with Crippen LogP contribution < -0.4 is 25.1 Å². The molecule has 0 unspecified atom stereocenters. The number of rotatable bonds is 9. The summed E-state index contributed by atoms with van der Waals surface area (Å²) in [4.78, 5) is 30.6. The lowest BCUT2D eigenvalue weighted by molar-refractivity contribution is 0.102. The first kappa shape index (κ1) is 28.4. The largest absolute Gasteiger partial charge is 0.493 e. The van der Waals surface area contributed by atoms with Gasteiger partial charge in [-0.2, -0.15) is 0 Å². The van der Waals surface area contributed by atoms with Gasteiger partial charge in [-0.1, -0.05) is 18.2 Å². The number of aromatic nitrogens is 3. The lowest BCUT2D eigenvalue weighted by Gasteiger charge is -2.15. The quantitative estimate of drug-likeness (QED) is 0.256. The minimum atomic E-state index is -0.729. The number of carbonyl (C=O) groups is 1. The van der Waals surface area contributed by atoms with Crippen LogP contribution in [0.2, 0.25) is 0 Å². The Morgan fingerprint density at radius 3 is 2.50 bits per heavy atom. The van der Waals surface area contributed by atoms with Crippen LogP contribution in [0.4, 0.5) is 10.1 Å². The number of fused-ring (bicyclic) bond motifs is 1. The minimum Gasteiger partial charge on any atom is -0.493 e. The fourth-order valence-electron chi connectivity index (χ4n) is 4.50. The summed E-state index contributed by atoms with van der Waals surface area (Å²) < 4.78 is 35.1. The first-order chi connectivity index (χ1) is 20.2. The van der Waals surface area contributed by atoms with Crippen LogP contribution in [0.25, 0.3) is 16.6 Å². The van der Waals surface area contributed by atoms with E-state index in [0.29, 0.717) is 39.5 Å². The summed E-state index contributed by atoms with van der Waals surface area (Å²) in [6, 6.07) is 17.8. The van der Waals surface area contributed by atoms with Gasteiger partial charge < -0.3 is 24.6 Å². The lowest BCUT2D eigenvalue weighted by Crippen LogP contribution is -2.25. The number of halogens is 1. The van der Waals surface area contributed by atoms with Crippen molar-refractivity contribution in [1.29, 1.82) is 0 Å². The highest BCUT2D eigenvalue weighted by Gasteiger charge is 2.23. The van der Waals surface area contributed by atoms with Gasteiger partial charge in [-0.05, 0) is 50.2 Å². The maximum absolute atomic E-state index is 15.2. The van der Waals surface area contributed by atoms with E-state index in [0.717, 1.165) is 6.07 Å². The van der Waals surface area contributed by atoms with E-state index in [1.807, 2.05) is 6.07 Å². The van der Waals surface area contributed by atoms with Gasteiger partial charge in [-0.25, -0.2) is 9.07 Å². The predicted molar refractivity (Wildman–Crippen MR) is 156 cm³/mol. The molecule has 0 saturated heterocycles. The van der Waals surface area contributed by atoms with Gasteiger partial charge in [0.1, 0.15) is 17.9 Å². The molecule has 2 heterocycles. The highest BCUT2D eigenvalue weighted by molar-refractivity contribution is 6.05.